The third-order valence-electron chi connectivity index (χ3n) is 2.41. The smallest absolute Gasteiger partial charge is 0.270 e. The lowest BCUT2D eigenvalue weighted by molar-refractivity contribution is -0.0507. The number of carbonyl (C=O) groups is 1. The summed E-state index contributed by atoms with van der Waals surface area (Å²) in [5, 5.41) is 0. The molecule has 0 radical (unpaired) electrons. The van der Waals surface area contributed by atoms with E-state index in [1.54, 1.807) is 12.1 Å². The predicted molar refractivity (Wildman–Crippen MR) is 52.6 cm³/mol. The fraction of sp³-hybridized carbons (Fsp3) is 0.364. The van der Waals surface area contributed by atoms with Crippen molar-refractivity contribution in [3.63, 3.8) is 0 Å². The van der Waals surface area contributed by atoms with Crippen LogP contribution in [0.15, 0.2) is 30.3 Å². The van der Waals surface area contributed by atoms with Crippen LogP contribution in [0.5, 0.6) is 0 Å². The van der Waals surface area contributed by atoms with E-state index in [9.17, 15) is 4.79 Å². The van der Waals surface area contributed by atoms with Crippen LogP contribution in [0.3, 0.4) is 0 Å². The van der Waals surface area contributed by atoms with Crippen LogP contribution in [0.4, 0.5) is 0 Å². The number of rotatable bonds is 3. The SMILES string of the molecule is O=C(NOC1CCC1)c1ccccc1. The summed E-state index contributed by atoms with van der Waals surface area (Å²) in [5.41, 5.74) is 3.09. The maximum Gasteiger partial charge on any atom is 0.274 e. The molecule has 1 aromatic carbocycles. The van der Waals surface area contributed by atoms with Crippen LogP contribution < -0.4 is 5.48 Å². The third-order valence-corrected chi connectivity index (χ3v) is 2.41. The summed E-state index contributed by atoms with van der Waals surface area (Å²) in [5.74, 6) is -0.169. The van der Waals surface area contributed by atoms with Crippen molar-refractivity contribution in [2.75, 3.05) is 0 Å². The zero-order valence-electron chi connectivity index (χ0n) is 7.90. The Morgan fingerprint density at radius 1 is 1.29 bits per heavy atom. The first-order valence-corrected chi connectivity index (χ1v) is 4.87. The number of carbonyl (C=O) groups excluding carboxylic acids is 1. The van der Waals surface area contributed by atoms with Gasteiger partial charge in [-0.1, -0.05) is 18.2 Å². The molecular formula is C11H13NO2. The Hall–Kier alpha value is -1.35. The molecule has 0 aliphatic heterocycles. The minimum absolute atomic E-state index is 0.169. The second-order valence-corrected chi connectivity index (χ2v) is 3.47. The highest BCUT2D eigenvalue weighted by molar-refractivity contribution is 5.93. The van der Waals surface area contributed by atoms with E-state index in [2.05, 4.69) is 5.48 Å². The highest BCUT2D eigenvalue weighted by Crippen LogP contribution is 2.20. The lowest BCUT2D eigenvalue weighted by Gasteiger charge is -2.24. The van der Waals surface area contributed by atoms with Gasteiger partial charge >= 0.3 is 0 Å². The largest absolute Gasteiger partial charge is 0.274 e. The number of hydrogen-bond acceptors (Lipinski definition) is 2. The van der Waals surface area contributed by atoms with Crippen molar-refractivity contribution in [1.29, 1.82) is 0 Å². The molecule has 0 aromatic heterocycles. The molecule has 1 aromatic rings. The molecule has 0 heterocycles. The van der Waals surface area contributed by atoms with E-state index >= 15 is 0 Å². The van der Waals surface area contributed by atoms with Crippen molar-refractivity contribution < 1.29 is 9.63 Å². The van der Waals surface area contributed by atoms with Gasteiger partial charge in [0, 0.05) is 5.56 Å². The quantitative estimate of drug-likeness (QED) is 0.741. The molecule has 14 heavy (non-hydrogen) atoms. The van der Waals surface area contributed by atoms with Crippen molar-refractivity contribution in [3.8, 4) is 0 Å². The fourth-order valence-electron chi connectivity index (χ4n) is 1.27. The van der Waals surface area contributed by atoms with Gasteiger partial charge in [-0.2, -0.15) is 0 Å². The van der Waals surface area contributed by atoms with Crippen molar-refractivity contribution in [3.05, 3.63) is 35.9 Å². The van der Waals surface area contributed by atoms with Gasteiger partial charge in [-0.15, -0.1) is 0 Å². The van der Waals surface area contributed by atoms with Gasteiger partial charge in [-0.05, 0) is 31.4 Å². The third kappa shape index (κ3) is 2.12. The second kappa shape index (κ2) is 4.24. The molecule has 1 N–H and O–H groups in total. The lowest BCUT2D eigenvalue weighted by Crippen LogP contribution is -2.33. The average Bonchev–Trinajstić information content (AvgIpc) is 2.16. The average molecular weight is 191 g/mol. The second-order valence-electron chi connectivity index (χ2n) is 3.47. The van der Waals surface area contributed by atoms with Gasteiger partial charge in [0.15, 0.2) is 0 Å². The summed E-state index contributed by atoms with van der Waals surface area (Å²) in [6, 6.07) is 9.07. The highest BCUT2D eigenvalue weighted by atomic mass is 16.7. The van der Waals surface area contributed by atoms with Gasteiger partial charge in [0.2, 0.25) is 0 Å². The Morgan fingerprint density at radius 2 is 2.00 bits per heavy atom. The monoisotopic (exact) mass is 191 g/mol. The zero-order chi connectivity index (χ0) is 9.80. The zero-order valence-corrected chi connectivity index (χ0v) is 7.90. The summed E-state index contributed by atoms with van der Waals surface area (Å²) < 4.78 is 0. The molecular weight excluding hydrogens is 178 g/mol. The lowest BCUT2D eigenvalue weighted by atomic mass is 9.97. The van der Waals surface area contributed by atoms with Gasteiger partial charge < -0.3 is 0 Å². The standard InChI is InChI=1S/C11H13NO2/c13-11(9-5-2-1-3-6-9)12-14-10-7-4-8-10/h1-3,5-6,10H,4,7-8H2,(H,12,13). The van der Waals surface area contributed by atoms with Crippen molar-refractivity contribution in [1.82, 2.24) is 5.48 Å². The molecule has 1 fully saturated rings. The van der Waals surface area contributed by atoms with Crippen LogP contribution in [0.25, 0.3) is 0 Å². The number of nitrogens with one attached hydrogen (secondary N) is 1. The van der Waals surface area contributed by atoms with Crippen LogP contribution in [-0.4, -0.2) is 12.0 Å². The normalized spacial score (nSPS) is 16.0. The highest BCUT2D eigenvalue weighted by Gasteiger charge is 2.19. The van der Waals surface area contributed by atoms with Gasteiger partial charge in [0.1, 0.15) is 0 Å². The van der Waals surface area contributed by atoms with E-state index in [1.165, 1.54) is 6.42 Å². The minimum atomic E-state index is -0.169. The molecule has 0 atom stereocenters. The first-order chi connectivity index (χ1) is 6.86. The fourth-order valence-corrected chi connectivity index (χ4v) is 1.27. The van der Waals surface area contributed by atoms with Gasteiger partial charge in [0.05, 0.1) is 6.10 Å². The summed E-state index contributed by atoms with van der Waals surface area (Å²) in [7, 11) is 0. The van der Waals surface area contributed by atoms with Gasteiger partial charge in [-0.3, -0.25) is 9.63 Å². The molecule has 1 amide bonds. The van der Waals surface area contributed by atoms with Gasteiger partial charge in [0.25, 0.3) is 5.91 Å². The van der Waals surface area contributed by atoms with Crippen LogP contribution in [-0.2, 0) is 4.84 Å². The molecule has 0 bridgehead atoms. The maximum atomic E-state index is 11.5. The van der Waals surface area contributed by atoms with E-state index in [0.717, 1.165) is 12.8 Å². The molecule has 2 rings (SSSR count). The van der Waals surface area contributed by atoms with Crippen molar-refractivity contribution in [2.24, 2.45) is 0 Å². The predicted octanol–water partition coefficient (Wildman–Crippen LogP) is 1.90. The van der Waals surface area contributed by atoms with Crippen molar-refractivity contribution in [2.45, 2.75) is 25.4 Å². The number of hydrogen-bond donors (Lipinski definition) is 1. The Morgan fingerprint density at radius 3 is 2.57 bits per heavy atom. The molecule has 74 valence electrons. The summed E-state index contributed by atoms with van der Waals surface area (Å²) in [6.07, 6.45) is 3.53. The number of benzene rings is 1. The summed E-state index contributed by atoms with van der Waals surface area (Å²) >= 11 is 0. The molecule has 1 saturated carbocycles. The Bertz CT molecular complexity index is 306. The van der Waals surface area contributed by atoms with Crippen LogP contribution >= 0.6 is 0 Å². The Kier molecular flexibility index (Phi) is 2.79. The molecule has 3 heteroatoms. The van der Waals surface area contributed by atoms with E-state index in [1.807, 2.05) is 18.2 Å². The number of amides is 1. The first kappa shape index (κ1) is 9.21. The van der Waals surface area contributed by atoms with Crippen LogP contribution in [0.2, 0.25) is 0 Å². The topological polar surface area (TPSA) is 38.3 Å². The molecule has 1 aliphatic rings. The van der Waals surface area contributed by atoms with E-state index < -0.39 is 0 Å². The van der Waals surface area contributed by atoms with E-state index in [-0.39, 0.29) is 12.0 Å². The maximum absolute atomic E-state index is 11.5. The Labute approximate surface area is 83.0 Å². The van der Waals surface area contributed by atoms with Crippen molar-refractivity contribution >= 4 is 5.91 Å². The molecule has 0 saturated heterocycles. The molecule has 0 spiro atoms. The molecule has 3 nitrogen and oxygen atoms in total. The Balaban J connectivity index is 1.83. The first-order valence-electron chi connectivity index (χ1n) is 4.87. The van der Waals surface area contributed by atoms with Crippen LogP contribution in [0.1, 0.15) is 29.6 Å². The molecule has 1 aliphatic carbocycles. The minimum Gasteiger partial charge on any atom is -0.270 e. The van der Waals surface area contributed by atoms with Crippen LogP contribution in [0, 0.1) is 0 Å². The summed E-state index contributed by atoms with van der Waals surface area (Å²) in [6.45, 7) is 0. The number of hydroxylamine groups is 1. The van der Waals surface area contributed by atoms with E-state index in [4.69, 9.17) is 4.84 Å². The van der Waals surface area contributed by atoms with Gasteiger partial charge in [-0.25, -0.2) is 5.48 Å². The van der Waals surface area contributed by atoms with E-state index in [0.29, 0.717) is 5.56 Å². The molecule has 0 unspecified atom stereocenters. The summed E-state index contributed by atoms with van der Waals surface area (Å²) in [4.78, 5) is 16.6.